The molecule has 0 N–H and O–H groups in total. The predicted octanol–water partition coefficient (Wildman–Crippen LogP) is 3.16. The summed E-state index contributed by atoms with van der Waals surface area (Å²) in [5.74, 6) is 0.567. The molecule has 2 fully saturated rings. The molecule has 86 valence electrons. The monoisotopic (exact) mass is 210 g/mol. The standard InChI is InChI=1S/C13H22O2/c1-4-15-11(14)7-10-8-12(2)5-6-13(12,3)9-10/h10H,4-9H2,1-3H3/t10-,12+,13-. The number of ether oxygens (including phenoxy) is 1. The third-order valence-corrected chi connectivity index (χ3v) is 4.92. The zero-order valence-electron chi connectivity index (χ0n) is 10.1. The highest BCUT2D eigenvalue weighted by Crippen LogP contribution is 2.68. The molecule has 0 unspecified atom stereocenters. The highest BCUT2D eigenvalue weighted by atomic mass is 16.5. The second-order valence-electron chi connectivity index (χ2n) is 5.90. The lowest BCUT2D eigenvalue weighted by Crippen LogP contribution is -2.42. The van der Waals surface area contributed by atoms with Gasteiger partial charge < -0.3 is 4.74 Å². The van der Waals surface area contributed by atoms with Crippen LogP contribution >= 0.6 is 0 Å². The second-order valence-corrected chi connectivity index (χ2v) is 5.90. The average molecular weight is 210 g/mol. The van der Waals surface area contributed by atoms with Gasteiger partial charge in [0.25, 0.3) is 0 Å². The van der Waals surface area contributed by atoms with E-state index in [0.717, 1.165) is 0 Å². The fourth-order valence-corrected chi connectivity index (χ4v) is 3.62. The van der Waals surface area contributed by atoms with Crippen LogP contribution in [0.15, 0.2) is 0 Å². The van der Waals surface area contributed by atoms with Crippen molar-refractivity contribution in [1.82, 2.24) is 0 Å². The van der Waals surface area contributed by atoms with Crippen molar-refractivity contribution in [1.29, 1.82) is 0 Å². The smallest absolute Gasteiger partial charge is 0.306 e. The van der Waals surface area contributed by atoms with Crippen molar-refractivity contribution in [3.05, 3.63) is 0 Å². The number of hydrogen-bond donors (Lipinski definition) is 0. The molecule has 0 spiro atoms. The topological polar surface area (TPSA) is 26.3 Å². The quantitative estimate of drug-likeness (QED) is 0.669. The Kier molecular flexibility index (Phi) is 2.56. The minimum Gasteiger partial charge on any atom is -0.466 e. The van der Waals surface area contributed by atoms with E-state index in [0.29, 0.717) is 29.8 Å². The van der Waals surface area contributed by atoms with E-state index in [1.807, 2.05) is 6.92 Å². The van der Waals surface area contributed by atoms with Gasteiger partial charge in [-0.3, -0.25) is 4.79 Å². The van der Waals surface area contributed by atoms with Gasteiger partial charge in [0, 0.05) is 6.42 Å². The van der Waals surface area contributed by atoms with Crippen LogP contribution in [0.5, 0.6) is 0 Å². The molecule has 15 heavy (non-hydrogen) atoms. The Morgan fingerprint density at radius 2 is 1.80 bits per heavy atom. The Bertz CT molecular complexity index is 256. The van der Waals surface area contributed by atoms with E-state index in [-0.39, 0.29) is 5.97 Å². The molecule has 2 saturated carbocycles. The van der Waals surface area contributed by atoms with Gasteiger partial charge in [0.15, 0.2) is 0 Å². The number of fused-ring (bicyclic) bond motifs is 1. The number of carbonyl (C=O) groups is 1. The van der Waals surface area contributed by atoms with Gasteiger partial charge in [-0.15, -0.1) is 0 Å². The van der Waals surface area contributed by atoms with Crippen molar-refractivity contribution in [2.45, 2.75) is 52.9 Å². The lowest BCUT2D eigenvalue weighted by molar-refractivity contribution is -0.144. The van der Waals surface area contributed by atoms with Crippen LogP contribution in [0.4, 0.5) is 0 Å². The minimum atomic E-state index is -0.00370. The molecule has 0 aliphatic heterocycles. The molecule has 0 amide bonds. The molecule has 0 aromatic rings. The zero-order chi connectivity index (χ0) is 11.1. The van der Waals surface area contributed by atoms with Crippen molar-refractivity contribution in [3.63, 3.8) is 0 Å². The Balaban J connectivity index is 1.90. The van der Waals surface area contributed by atoms with E-state index >= 15 is 0 Å². The molecule has 0 aromatic heterocycles. The van der Waals surface area contributed by atoms with Crippen LogP contribution in [0.1, 0.15) is 52.9 Å². The first-order valence-electron chi connectivity index (χ1n) is 6.15. The Morgan fingerprint density at radius 3 is 2.20 bits per heavy atom. The lowest BCUT2D eigenvalue weighted by atomic mass is 9.53. The highest BCUT2D eigenvalue weighted by molar-refractivity contribution is 5.69. The normalized spacial score (nSPS) is 43.3. The molecule has 2 nitrogen and oxygen atoms in total. The van der Waals surface area contributed by atoms with Crippen LogP contribution in [-0.2, 0) is 9.53 Å². The first-order valence-corrected chi connectivity index (χ1v) is 6.15. The highest BCUT2D eigenvalue weighted by Gasteiger charge is 2.58. The molecular formula is C13H22O2. The van der Waals surface area contributed by atoms with Crippen molar-refractivity contribution in [2.24, 2.45) is 16.7 Å². The van der Waals surface area contributed by atoms with Crippen molar-refractivity contribution in [3.8, 4) is 0 Å². The molecule has 0 aromatic carbocycles. The van der Waals surface area contributed by atoms with Gasteiger partial charge in [-0.05, 0) is 49.4 Å². The fraction of sp³-hybridized carbons (Fsp3) is 0.923. The average Bonchev–Trinajstić information content (AvgIpc) is 2.29. The summed E-state index contributed by atoms with van der Waals surface area (Å²) >= 11 is 0. The molecule has 0 radical (unpaired) electrons. The van der Waals surface area contributed by atoms with Gasteiger partial charge in [0.2, 0.25) is 0 Å². The molecule has 0 saturated heterocycles. The van der Waals surface area contributed by atoms with Crippen molar-refractivity contribution < 1.29 is 9.53 Å². The molecule has 0 bridgehead atoms. The number of hydrogen-bond acceptors (Lipinski definition) is 2. The van der Waals surface area contributed by atoms with Crippen LogP contribution in [0, 0.1) is 16.7 Å². The molecule has 3 atom stereocenters. The summed E-state index contributed by atoms with van der Waals surface area (Å²) in [6.07, 6.45) is 5.79. The third-order valence-electron chi connectivity index (χ3n) is 4.92. The SMILES string of the molecule is CCOC(=O)C[C@@H]1C[C@]2(C)CC[C@]2(C)C1. The Morgan fingerprint density at radius 1 is 1.27 bits per heavy atom. The third kappa shape index (κ3) is 1.68. The van der Waals surface area contributed by atoms with Crippen LogP contribution in [0.3, 0.4) is 0 Å². The molecule has 2 heteroatoms. The van der Waals surface area contributed by atoms with Crippen molar-refractivity contribution in [2.75, 3.05) is 6.61 Å². The van der Waals surface area contributed by atoms with E-state index in [1.54, 1.807) is 0 Å². The molecule has 2 rings (SSSR count). The maximum atomic E-state index is 11.4. The Labute approximate surface area is 92.4 Å². The van der Waals surface area contributed by atoms with Gasteiger partial charge in [-0.2, -0.15) is 0 Å². The molecule has 2 aliphatic carbocycles. The van der Waals surface area contributed by atoms with E-state index in [4.69, 9.17) is 4.74 Å². The molecular weight excluding hydrogens is 188 g/mol. The summed E-state index contributed by atoms with van der Waals surface area (Å²) < 4.78 is 5.02. The van der Waals surface area contributed by atoms with Gasteiger partial charge in [0.1, 0.15) is 0 Å². The summed E-state index contributed by atoms with van der Waals surface area (Å²) in [7, 11) is 0. The number of carbonyl (C=O) groups excluding carboxylic acids is 1. The fourth-order valence-electron chi connectivity index (χ4n) is 3.62. The van der Waals surface area contributed by atoms with Crippen LogP contribution in [0.2, 0.25) is 0 Å². The van der Waals surface area contributed by atoms with Crippen LogP contribution in [-0.4, -0.2) is 12.6 Å². The van der Waals surface area contributed by atoms with Crippen LogP contribution < -0.4 is 0 Å². The van der Waals surface area contributed by atoms with E-state index < -0.39 is 0 Å². The maximum Gasteiger partial charge on any atom is 0.306 e. The van der Waals surface area contributed by atoms with Crippen LogP contribution in [0.25, 0.3) is 0 Å². The molecule has 0 heterocycles. The van der Waals surface area contributed by atoms with Gasteiger partial charge in [-0.25, -0.2) is 0 Å². The second kappa shape index (κ2) is 3.50. The first kappa shape index (κ1) is 11.0. The zero-order valence-corrected chi connectivity index (χ0v) is 10.1. The molecule has 2 aliphatic rings. The number of esters is 1. The van der Waals surface area contributed by atoms with Crippen molar-refractivity contribution >= 4 is 5.97 Å². The maximum absolute atomic E-state index is 11.4. The minimum absolute atomic E-state index is 0.00370. The Hall–Kier alpha value is -0.530. The summed E-state index contributed by atoms with van der Waals surface area (Å²) in [5.41, 5.74) is 1.04. The van der Waals surface area contributed by atoms with Gasteiger partial charge in [-0.1, -0.05) is 13.8 Å². The predicted molar refractivity (Wildman–Crippen MR) is 59.4 cm³/mol. The van der Waals surface area contributed by atoms with E-state index in [2.05, 4.69) is 13.8 Å². The van der Waals surface area contributed by atoms with E-state index in [9.17, 15) is 4.79 Å². The summed E-state index contributed by atoms with van der Waals surface area (Å²) in [5, 5.41) is 0. The van der Waals surface area contributed by atoms with Gasteiger partial charge >= 0.3 is 5.97 Å². The van der Waals surface area contributed by atoms with E-state index in [1.165, 1.54) is 25.7 Å². The largest absolute Gasteiger partial charge is 0.466 e. The summed E-state index contributed by atoms with van der Waals surface area (Å²) in [6.45, 7) is 7.17. The lowest BCUT2D eigenvalue weighted by Gasteiger charge is -2.52. The van der Waals surface area contributed by atoms with Gasteiger partial charge in [0.05, 0.1) is 6.61 Å². The summed E-state index contributed by atoms with van der Waals surface area (Å²) in [6, 6.07) is 0. The summed E-state index contributed by atoms with van der Waals surface area (Å²) in [4.78, 5) is 11.4. The first-order chi connectivity index (χ1) is 6.99. The number of rotatable bonds is 3.